The maximum Gasteiger partial charge on any atom is 0.241 e. The zero-order valence-electron chi connectivity index (χ0n) is 11.7. The molecule has 3 N–H and O–H groups in total. The molecule has 0 saturated carbocycles. The van der Waals surface area contributed by atoms with Gasteiger partial charge in [-0.3, -0.25) is 5.43 Å². The first-order chi connectivity index (χ1) is 10.3. The molecule has 3 aromatic rings. The van der Waals surface area contributed by atoms with E-state index in [-0.39, 0.29) is 6.10 Å². The van der Waals surface area contributed by atoms with Crippen molar-refractivity contribution in [1.29, 1.82) is 0 Å². The highest BCUT2D eigenvalue weighted by Crippen LogP contribution is 2.27. The number of rotatable bonds is 4. The van der Waals surface area contributed by atoms with Gasteiger partial charge < -0.3 is 4.74 Å². The second kappa shape index (κ2) is 5.76. The van der Waals surface area contributed by atoms with E-state index in [1.54, 1.807) is 0 Å². The van der Waals surface area contributed by atoms with Crippen molar-refractivity contribution in [3.8, 4) is 5.88 Å². The molecule has 21 heavy (non-hydrogen) atoms. The van der Waals surface area contributed by atoms with Crippen molar-refractivity contribution in [2.45, 2.75) is 13.0 Å². The van der Waals surface area contributed by atoms with Crippen molar-refractivity contribution < 1.29 is 4.74 Å². The first-order valence-electron chi connectivity index (χ1n) is 6.73. The van der Waals surface area contributed by atoms with Gasteiger partial charge in [0.05, 0.1) is 10.9 Å². The van der Waals surface area contributed by atoms with Crippen LogP contribution in [0.25, 0.3) is 10.9 Å². The molecule has 3 rings (SSSR count). The predicted molar refractivity (Wildman–Crippen MR) is 82.8 cm³/mol. The van der Waals surface area contributed by atoms with E-state index >= 15 is 0 Å². The van der Waals surface area contributed by atoms with Gasteiger partial charge >= 0.3 is 0 Å². The average molecular weight is 280 g/mol. The van der Waals surface area contributed by atoms with E-state index in [1.807, 2.05) is 61.5 Å². The lowest BCUT2D eigenvalue weighted by atomic mass is 10.1. The number of aromatic nitrogens is 2. The van der Waals surface area contributed by atoms with Gasteiger partial charge in [0.15, 0.2) is 0 Å². The van der Waals surface area contributed by atoms with Gasteiger partial charge in [0.25, 0.3) is 0 Å². The molecule has 5 nitrogen and oxygen atoms in total. The summed E-state index contributed by atoms with van der Waals surface area (Å²) in [6.07, 6.45) is -0.116. The monoisotopic (exact) mass is 280 g/mol. The minimum absolute atomic E-state index is 0.116. The van der Waals surface area contributed by atoms with E-state index in [0.29, 0.717) is 11.8 Å². The minimum Gasteiger partial charge on any atom is -0.469 e. The van der Waals surface area contributed by atoms with Gasteiger partial charge in [0.1, 0.15) is 6.10 Å². The van der Waals surface area contributed by atoms with Crippen LogP contribution in [-0.2, 0) is 0 Å². The average Bonchev–Trinajstić information content (AvgIpc) is 2.55. The van der Waals surface area contributed by atoms with Crippen molar-refractivity contribution >= 4 is 16.9 Å². The molecule has 0 bridgehead atoms. The fourth-order valence-corrected chi connectivity index (χ4v) is 2.16. The third-order valence-electron chi connectivity index (χ3n) is 3.25. The van der Waals surface area contributed by atoms with Crippen molar-refractivity contribution in [2.24, 2.45) is 5.84 Å². The summed E-state index contributed by atoms with van der Waals surface area (Å²) >= 11 is 0. The molecular formula is C16H16N4O. The van der Waals surface area contributed by atoms with E-state index < -0.39 is 0 Å². The molecule has 0 aliphatic rings. The van der Waals surface area contributed by atoms with Crippen molar-refractivity contribution in [1.82, 2.24) is 9.97 Å². The summed E-state index contributed by atoms with van der Waals surface area (Å²) in [6.45, 7) is 1.99. The van der Waals surface area contributed by atoms with Gasteiger partial charge in [-0.1, -0.05) is 42.5 Å². The number of nitrogens with zero attached hydrogens (tertiary/aromatic N) is 2. The lowest BCUT2D eigenvalue weighted by Crippen LogP contribution is -2.12. The number of fused-ring (bicyclic) bond motifs is 1. The van der Waals surface area contributed by atoms with Gasteiger partial charge in [0, 0.05) is 0 Å². The van der Waals surface area contributed by atoms with Crippen LogP contribution in [0.4, 0.5) is 5.95 Å². The van der Waals surface area contributed by atoms with Gasteiger partial charge in [-0.15, -0.1) is 0 Å². The molecule has 1 heterocycles. The number of ether oxygens (including phenoxy) is 1. The largest absolute Gasteiger partial charge is 0.469 e. The minimum atomic E-state index is -0.116. The van der Waals surface area contributed by atoms with Crippen LogP contribution in [0, 0.1) is 0 Å². The van der Waals surface area contributed by atoms with Gasteiger partial charge in [-0.25, -0.2) is 10.8 Å². The van der Waals surface area contributed by atoms with Crippen molar-refractivity contribution in [3.05, 3.63) is 60.2 Å². The summed E-state index contributed by atoms with van der Waals surface area (Å²) in [5.41, 5.74) is 4.34. The Kier molecular flexibility index (Phi) is 3.66. The predicted octanol–water partition coefficient (Wildman–Crippen LogP) is 3.06. The standard InChI is InChI=1S/C16H16N4O/c1-11(12-7-3-2-4-8-12)21-15-13-9-5-6-10-14(13)18-16(19-15)20-17/h2-11H,17H2,1H3,(H,18,19,20). The van der Waals surface area contributed by atoms with Crippen molar-refractivity contribution in [3.63, 3.8) is 0 Å². The summed E-state index contributed by atoms with van der Waals surface area (Å²) in [5, 5.41) is 0.860. The highest BCUT2D eigenvalue weighted by molar-refractivity contribution is 5.84. The molecule has 0 spiro atoms. The highest BCUT2D eigenvalue weighted by atomic mass is 16.5. The van der Waals surface area contributed by atoms with Crippen LogP contribution in [0.5, 0.6) is 5.88 Å². The first kappa shape index (κ1) is 13.3. The highest BCUT2D eigenvalue weighted by Gasteiger charge is 2.12. The molecule has 2 aromatic carbocycles. The number of nitrogen functional groups attached to an aromatic ring is 1. The molecule has 0 amide bonds. The fraction of sp³-hybridized carbons (Fsp3) is 0.125. The van der Waals surface area contributed by atoms with Crippen LogP contribution in [0.3, 0.4) is 0 Å². The Morgan fingerprint density at radius 1 is 1.00 bits per heavy atom. The molecule has 5 heteroatoms. The second-order valence-electron chi connectivity index (χ2n) is 4.68. The van der Waals surface area contributed by atoms with E-state index in [4.69, 9.17) is 10.6 Å². The van der Waals surface area contributed by atoms with Crippen LogP contribution < -0.4 is 16.0 Å². The SMILES string of the molecule is CC(Oc1nc(NN)nc2ccccc12)c1ccccc1. The third kappa shape index (κ3) is 2.78. The Labute approximate surface area is 122 Å². The summed E-state index contributed by atoms with van der Waals surface area (Å²) in [7, 11) is 0. The number of hydrogen-bond acceptors (Lipinski definition) is 5. The summed E-state index contributed by atoms with van der Waals surface area (Å²) in [4.78, 5) is 8.62. The third-order valence-corrected chi connectivity index (χ3v) is 3.25. The Morgan fingerprint density at radius 3 is 2.48 bits per heavy atom. The number of nitrogens with two attached hydrogens (primary N) is 1. The molecule has 0 aliphatic carbocycles. The zero-order chi connectivity index (χ0) is 14.7. The summed E-state index contributed by atoms with van der Waals surface area (Å²) in [6, 6.07) is 17.7. The number of hydrogen-bond donors (Lipinski definition) is 2. The molecule has 0 fully saturated rings. The number of hydrazine groups is 1. The number of anilines is 1. The Balaban J connectivity index is 1.99. The number of nitrogens with one attached hydrogen (secondary N) is 1. The van der Waals surface area contributed by atoms with Gasteiger partial charge in [-0.2, -0.15) is 4.98 Å². The molecular weight excluding hydrogens is 264 g/mol. The Bertz CT molecular complexity index is 746. The topological polar surface area (TPSA) is 73.1 Å². The normalized spacial score (nSPS) is 12.1. The van der Waals surface area contributed by atoms with Crippen LogP contribution in [0.15, 0.2) is 54.6 Å². The van der Waals surface area contributed by atoms with E-state index in [2.05, 4.69) is 15.4 Å². The van der Waals surface area contributed by atoms with Crippen LogP contribution in [0.2, 0.25) is 0 Å². The van der Waals surface area contributed by atoms with Crippen LogP contribution >= 0.6 is 0 Å². The molecule has 0 saturated heterocycles. The Hall–Kier alpha value is -2.66. The molecule has 0 aliphatic heterocycles. The molecule has 1 atom stereocenters. The van der Waals surface area contributed by atoms with Crippen LogP contribution in [0.1, 0.15) is 18.6 Å². The lowest BCUT2D eigenvalue weighted by molar-refractivity contribution is 0.221. The Morgan fingerprint density at radius 2 is 1.71 bits per heavy atom. The van der Waals surface area contributed by atoms with Gasteiger partial charge in [0.2, 0.25) is 11.8 Å². The fourth-order valence-electron chi connectivity index (χ4n) is 2.16. The quantitative estimate of drug-likeness (QED) is 0.567. The lowest BCUT2D eigenvalue weighted by Gasteiger charge is -2.16. The van der Waals surface area contributed by atoms with Gasteiger partial charge in [-0.05, 0) is 24.6 Å². The van der Waals surface area contributed by atoms with E-state index in [9.17, 15) is 0 Å². The number of benzene rings is 2. The number of para-hydroxylation sites is 1. The molecule has 1 aromatic heterocycles. The summed E-state index contributed by atoms with van der Waals surface area (Å²) in [5.74, 6) is 6.28. The van der Waals surface area contributed by atoms with E-state index in [1.165, 1.54) is 0 Å². The maximum absolute atomic E-state index is 6.01. The maximum atomic E-state index is 6.01. The smallest absolute Gasteiger partial charge is 0.241 e. The van der Waals surface area contributed by atoms with Crippen LogP contribution in [-0.4, -0.2) is 9.97 Å². The molecule has 106 valence electrons. The van der Waals surface area contributed by atoms with Crippen molar-refractivity contribution in [2.75, 3.05) is 5.43 Å². The second-order valence-corrected chi connectivity index (χ2v) is 4.68. The molecule has 1 unspecified atom stereocenters. The first-order valence-corrected chi connectivity index (χ1v) is 6.73. The van der Waals surface area contributed by atoms with E-state index in [0.717, 1.165) is 16.5 Å². The summed E-state index contributed by atoms with van der Waals surface area (Å²) < 4.78 is 6.01. The zero-order valence-corrected chi connectivity index (χ0v) is 11.7. The molecule has 0 radical (unpaired) electrons.